The Morgan fingerprint density at radius 2 is 1.87 bits per heavy atom. The lowest BCUT2D eigenvalue weighted by molar-refractivity contribution is -0.128. The summed E-state index contributed by atoms with van der Waals surface area (Å²) in [7, 11) is 1.31. The fraction of sp³-hybridized carbons (Fsp3) is 0.200. The number of esters is 1. The molecule has 2 aromatic carbocycles. The first-order valence-corrected chi connectivity index (χ1v) is 13.5. The van der Waals surface area contributed by atoms with E-state index in [2.05, 4.69) is 20.6 Å². The SMILES string of the molecule is COC(=O)c1ccc(C=C2SC(=S)N(CCCC(=O)NNC(=O)CSc3nc4ccccc4o3)C2=O)cc1. The van der Waals surface area contributed by atoms with Crippen molar-refractivity contribution in [2.24, 2.45) is 0 Å². The number of carbonyl (C=O) groups is 4. The van der Waals surface area contributed by atoms with Crippen molar-refractivity contribution in [1.82, 2.24) is 20.7 Å². The van der Waals surface area contributed by atoms with Crippen LogP contribution in [-0.4, -0.2) is 57.3 Å². The van der Waals surface area contributed by atoms with Gasteiger partial charge in [0.2, 0.25) is 11.8 Å². The second-order valence-corrected chi connectivity index (χ2v) is 10.5. The Hall–Kier alpha value is -3.68. The number of nitrogens with zero attached hydrogens (tertiary/aromatic N) is 2. The molecule has 10 nitrogen and oxygen atoms in total. The van der Waals surface area contributed by atoms with Crippen LogP contribution in [0.15, 0.2) is 63.1 Å². The van der Waals surface area contributed by atoms with E-state index in [4.69, 9.17) is 16.6 Å². The third-order valence-electron chi connectivity index (χ3n) is 5.23. The molecule has 1 aliphatic rings. The highest BCUT2D eigenvalue weighted by Gasteiger charge is 2.31. The Labute approximate surface area is 231 Å². The van der Waals surface area contributed by atoms with Crippen molar-refractivity contribution in [2.75, 3.05) is 19.4 Å². The Morgan fingerprint density at radius 1 is 1.13 bits per heavy atom. The molecule has 1 fully saturated rings. The molecule has 1 saturated heterocycles. The van der Waals surface area contributed by atoms with Gasteiger partial charge in [0, 0.05) is 13.0 Å². The second kappa shape index (κ2) is 12.7. The van der Waals surface area contributed by atoms with E-state index in [-0.39, 0.29) is 24.6 Å². The number of hydrogen-bond donors (Lipinski definition) is 2. The Morgan fingerprint density at radius 3 is 2.61 bits per heavy atom. The molecule has 0 saturated carbocycles. The van der Waals surface area contributed by atoms with Crippen molar-refractivity contribution in [3.63, 3.8) is 0 Å². The molecule has 0 bridgehead atoms. The van der Waals surface area contributed by atoms with Crippen LogP contribution in [0.1, 0.15) is 28.8 Å². The summed E-state index contributed by atoms with van der Waals surface area (Å²) < 4.78 is 10.6. The summed E-state index contributed by atoms with van der Waals surface area (Å²) in [5, 5.41) is 0.364. The molecule has 38 heavy (non-hydrogen) atoms. The number of ether oxygens (including phenoxy) is 1. The average molecular weight is 571 g/mol. The minimum absolute atomic E-state index is 0.0153. The van der Waals surface area contributed by atoms with Gasteiger partial charge in [-0.2, -0.15) is 0 Å². The van der Waals surface area contributed by atoms with Crippen LogP contribution in [0.2, 0.25) is 0 Å². The molecule has 0 spiro atoms. The molecular formula is C25H22N4O6S3. The summed E-state index contributed by atoms with van der Waals surface area (Å²) in [6, 6.07) is 13.9. The first kappa shape index (κ1) is 27.4. The second-order valence-electron chi connectivity index (χ2n) is 7.88. The van der Waals surface area contributed by atoms with Gasteiger partial charge in [-0.1, -0.05) is 60.0 Å². The highest BCUT2D eigenvalue weighted by atomic mass is 32.2. The Balaban J connectivity index is 1.18. The summed E-state index contributed by atoms with van der Waals surface area (Å²) in [6.07, 6.45) is 2.14. The van der Waals surface area contributed by atoms with Gasteiger partial charge < -0.3 is 9.15 Å². The van der Waals surface area contributed by atoms with E-state index in [1.807, 2.05) is 18.2 Å². The molecule has 0 radical (unpaired) electrons. The lowest BCUT2D eigenvalue weighted by Crippen LogP contribution is -2.42. The monoisotopic (exact) mass is 570 g/mol. The number of thiocarbonyl (C=S) groups is 1. The van der Waals surface area contributed by atoms with Gasteiger partial charge in [0.1, 0.15) is 9.84 Å². The normalized spacial score (nSPS) is 14.2. The topological polar surface area (TPSA) is 131 Å². The molecule has 0 unspecified atom stereocenters. The molecule has 3 aromatic rings. The molecule has 1 aromatic heterocycles. The number of rotatable bonds is 9. The summed E-state index contributed by atoms with van der Waals surface area (Å²) in [4.78, 5) is 54.7. The van der Waals surface area contributed by atoms with E-state index >= 15 is 0 Å². The summed E-state index contributed by atoms with van der Waals surface area (Å²) >= 11 is 7.62. The number of hydrazine groups is 1. The van der Waals surface area contributed by atoms with Crippen LogP contribution >= 0.6 is 35.7 Å². The van der Waals surface area contributed by atoms with E-state index in [0.29, 0.717) is 37.5 Å². The number of carbonyl (C=O) groups excluding carboxylic acids is 4. The number of hydrogen-bond acceptors (Lipinski definition) is 10. The van der Waals surface area contributed by atoms with Crippen molar-refractivity contribution in [2.45, 2.75) is 18.1 Å². The van der Waals surface area contributed by atoms with Crippen LogP contribution in [0.3, 0.4) is 0 Å². The van der Waals surface area contributed by atoms with Gasteiger partial charge in [-0.3, -0.25) is 30.1 Å². The van der Waals surface area contributed by atoms with Gasteiger partial charge >= 0.3 is 5.97 Å². The minimum Gasteiger partial charge on any atom is -0.465 e. The molecule has 13 heteroatoms. The molecule has 196 valence electrons. The standard InChI is InChI=1S/C25H22N4O6S3/c1-34-23(33)16-10-8-15(9-11-16)13-19-22(32)29(25(36)38-19)12-4-7-20(30)27-28-21(31)14-37-24-26-17-5-2-3-6-18(17)35-24/h2-3,5-6,8-11,13H,4,7,12,14H2,1H3,(H,27,30)(H,28,31). The van der Waals surface area contributed by atoms with Crippen molar-refractivity contribution < 1.29 is 28.3 Å². The van der Waals surface area contributed by atoms with Crippen LogP contribution in [0.5, 0.6) is 0 Å². The van der Waals surface area contributed by atoms with Gasteiger partial charge in [-0.15, -0.1) is 0 Å². The Bertz CT molecular complexity index is 1390. The number of para-hydroxylation sites is 2. The quantitative estimate of drug-likeness (QED) is 0.130. The summed E-state index contributed by atoms with van der Waals surface area (Å²) in [6.45, 7) is 0.262. The number of nitrogens with one attached hydrogen (secondary N) is 2. The van der Waals surface area contributed by atoms with E-state index in [0.717, 1.165) is 17.3 Å². The maximum Gasteiger partial charge on any atom is 0.337 e. The van der Waals surface area contributed by atoms with Crippen molar-refractivity contribution >= 4 is 80.9 Å². The maximum absolute atomic E-state index is 12.8. The third kappa shape index (κ3) is 7.00. The van der Waals surface area contributed by atoms with Crippen LogP contribution in [-0.2, 0) is 19.1 Å². The zero-order chi connectivity index (χ0) is 27.1. The summed E-state index contributed by atoms with van der Waals surface area (Å²) in [5.74, 6) is -1.47. The molecule has 2 heterocycles. The molecule has 4 rings (SSSR count). The molecule has 2 N–H and O–H groups in total. The third-order valence-corrected chi connectivity index (χ3v) is 7.44. The van der Waals surface area contributed by atoms with Gasteiger partial charge in [-0.05, 0) is 42.3 Å². The zero-order valence-electron chi connectivity index (χ0n) is 20.1. The van der Waals surface area contributed by atoms with E-state index in [1.54, 1.807) is 36.4 Å². The van der Waals surface area contributed by atoms with Crippen molar-refractivity contribution in [1.29, 1.82) is 0 Å². The number of benzene rings is 2. The first-order valence-electron chi connectivity index (χ1n) is 11.3. The molecule has 3 amide bonds. The zero-order valence-corrected chi connectivity index (χ0v) is 22.5. The van der Waals surface area contributed by atoms with Gasteiger partial charge in [-0.25, -0.2) is 9.78 Å². The van der Waals surface area contributed by atoms with Crippen LogP contribution in [0.25, 0.3) is 17.2 Å². The largest absolute Gasteiger partial charge is 0.465 e. The minimum atomic E-state index is -0.440. The van der Waals surface area contributed by atoms with Gasteiger partial charge in [0.15, 0.2) is 5.58 Å². The lowest BCUT2D eigenvalue weighted by Gasteiger charge is -2.14. The molecule has 0 aliphatic carbocycles. The highest BCUT2D eigenvalue weighted by molar-refractivity contribution is 8.26. The maximum atomic E-state index is 12.8. The van der Waals surface area contributed by atoms with Crippen molar-refractivity contribution in [3.05, 3.63) is 64.6 Å². The number of thioether (sulfide) groups is 2. The van der Waals surface area contributed by atoms with E-state index in [1.165, 1.54) is 23.8 Å². The van der Waals surface area contributed by atoms with E-state index < -0.39 is 17.8 Å². The van der Waals surface area contributed by atoms with Crippen LogP contribution < -0.4 is 10.9 Å². The van der Waals surface area contributed by atoms with Crippen LogP contribution in [0.4, 0.5) is 0 Å². The molecule has 0 atom stereocenters. The average Bonchev–Trinajstić information content (AvgIpc) is 3.46. The van der Waals surface area contributed by atoms with E-state index in [9.17, 15) is 19.2 Å². The lowest BCUT2D eigenvalue weighted by atomic mass is 10.1. The number of methoxy groups -OCH3 is 1. The highest BCUT2D eigenvalue weighted by Crippen LogP contribution is 2.32. The van der Waals surface area contributed by atoms with Gasteiger partial charge in [0.05, 0.1) is 23.3 Å². The molecular weight excluding hydrogens is 548 g/mol. The number of amides is 3. The fourth-order valence-corrected chi connectivity index (χ4v) is 5.30. The number of oxazole rings is 1. The fourth-order valence-electron chi connectivity index (χ4n) is 3.35. The predicted octanol–water partition coefficient (Wildman–Crippen LogP) is 3.54. The Kier molecular flexibility index (Phi) is 9.15. The molecule has 1 aliphatic heterocycles. The first-order chi connectivity index (χ1) is 18.3. The van der Waals surface area contributed by atoms with Gasteiger partial charge in [0.25, 0.3) is 11.1 Å². The summed E-state index contributed by atoms with van der Waals surface area (Å²) in [5.41, 5.74) is 7.20. The van der Waals surface area contributed by atoms with Crippen molar-refractivity contribution in [3.8, 4) is 0 Å². The van der Waals surface area contributed by atoms with Crippen LogP contribution in [0, 0.1) is 0 Å². The number of fused-ring (bicyclic) bond motifs is 1. The smallest absolute Gasteiger partial charge is 0.337 e. The predicted molar refractivity (Wildman–Crippen MR) is 148 cm³/mol. The number of aromatic nitrogens is 1.